The van der Waals surface area contributed by atoms with E-state index in [1.54, 1.807) is 6.07 Å². The van der Waals surface area contributed by atoms with Crippen LogP contribution >= 0.6 is 0 Å². The van der Waals surface area contributed by atoms with Gasteiger partial charge in [0, 0.05) is 6.42 Å². The molecule has 1 saturated heterocycles. The Morgan fingerprint density at radius 2 is 2.15 bits per heavy atom. The van der Waals surface area contributed by atoms with E-state index in [0.29, 0.717) is 17.7 Å². The number of aromatic nitrogens is 1. The smallest absolute Gasteiger partial charge is 0.256 e. The SMILES string of the molecule is N#Cc1ccc2c(n1)CN(C1CCC(=O)NC1=O)C2=O. The number of amides is 3. The molecule has 3 amide bonds. The molecule has 1 atom stereocenters. The summed E-state index contributed by atoms with van der Waals surface area (Å²) in [6.07, 6.45) is 0.531. The highest BCUT2D eigenvalue weighted by atomic mass is 16.2. The predicted octanol–water partition coefficient (Wildman–Crippen LogP) is -0.286. The molecule has 1 aromatic heterocycles. The van der Waals surface area contributed by atoms with Crippen molar-refractivity contribution in [3.8, 4) is 6.07 Å². The van der Waals surface area contributed by atoms with Crippen LogP contribution in [0.5, 0.6) is 0 Å². The lowest BCUT2D eigenvalue weighted by Crippen LogP contribution is -2.52. The summed E-state index contributed by atoms with van der Waals surface area (Å²) in [5, 5.41) is 11.0. The molecule has 1 N–H and O–H groups in total. The van der Waals surface area contributed by atoms with Gasteiger partial charge in [-0.3, -0.25) is 19.7 Å². The Morgan fingerprint density at radius 1 is 1.35 bits per heavy atom. The largest absolute Gasteiger partial charge is 0.321 e. The monoisotopic (exact) mass is 270 g/mol. The second-order valence-corrected chi connectivity index (χ2v) is 4.70. The van der Waals surface area contributed by atoms with Gasteiger partial charge in [0.05, 0.1) is 17.8 Å². The fraction of sp³-hybridized carbons (Fsp3) is 0.308. The van der Waals surface area contributed by atoms with Gasteiger partial charge in [0.2, 0.25) is 11.8 Å². The van der Waals surface area contributed by atoms with E-state index >= 15 is 0 Å². The minimum Gasteiger partial charge on any atom is -0.321 e. The number of pyridine rings is 1. The molecule has 0 radical (unpaired) electrons. The maximum Gasteiger partial charge on any atom is 0.256 e. The van der Waals surface area contributed by atoms with E-state index in [1.165, 1.54) is 11.0 Å². The fourth-order valence-electron chi connectivity index (χ4n) is 2.50. The minimum atomic E-state index is -0.653. The van der Waals surface area contributed by atoms with E-state index in [0.717, 1.165) is 0 Å². The quantitative estimate of drug-likeness (QED) is 0.706. The maximum absolute atomic E-state index is 12.3. The molecule has 0 spiro atoms. The molecule has 0 bridgehead atoms. The number of imide groups is 1. The van der Waals surface area contributed by atoms with Crippen LogP contribution in [0.2, 0.25) is 0 Å². The molecule has 100 valence electrons. The number of nitrogens with zero attached hydrogens (tertiary/aromatic N) is 3. The van der Waals surface area contributed by atoms with Gasteiger partial charge in [-0.1, -0.05) is 0 Å². The van der Waals surface area contributed by atoms with E-state index in [-0.39, 0.29) is 30.5 Å². The lowest BCUT2D eigenvalue weighted by atomic mass is 10.0. The van der Waals surface area contributed by atoms with Crippen molar-refractivity contribution in [3.05, 3.63) is 29.1 Å². The number of rotatable bonds is 1. The van der Waals surface area contributed by atoms with Crippen molar-refractivity contribution in [2.75, 3.05) is 0 Å². The topological polar surface area (TPSA) is 103 Å². The number of fused-ring (bicyclic) bond motifs is 1. The number of carbonyl (C=O) groups excluding carboxylic acids is 3. The molecular formula is C13H10N4O3. The van der Waals surface area contributed by atoms with E-state index in [1.807, 2.05) is 6.07 Å². The van der Waals surface area contributed by atoms with Crippen molar-refractivity contribution in [2.45, 2.75) is 25.4 Å². The average molecular weight is 270 g/mol. The summed E-state index contributed by atoms with van der Waals surface area (Å²) in [5.41, 5.74) is 1.15. The van der Waals surface area contributed by atoms with Gasteiger partial charge in [0.1, 0.15) is 17.8 Å². The van der Waals surface area contributed by atoms with E-state index in [9.17, 15) is 14.4 Å². The van der Waals surface area contributed by atoms with Crippen LogP contribution in [0.4, 0.5) is 0 Å². The molecule has 20 heavy (non-hydrogen) atoms. The second-order valence-electron chi connectivity index (χ2n) is 4.70. The predicted molar refractivity (Wildman–Crippen MR) is 65.0 cm³/mol. The lowest BCUT2D eigenvalue weighted by molar-refractivity contribution is -0.136. The summed E-state index contributed by atoms with van der Waals surface area (Å²) < 4.78 is 0. The molecule has 2 aliphatic rings. The van der Waals surface area contributed by atoms with Gasteiger partial charge in [0.15, 0.2) is 0 Å². The molecule has 1 fully saturated rings. The molecule has 0 aliphatic carbocycles. The zero-order valence-corrected chi connectivity index (χ0v) is 10.4. The first kappa shape index (κ1) is 12.3. The number of nitriles is 1. The van der Waals surface area contributed by atoms with Crippen LogP contribution < -0.4 is 5.32 Å². The summed E-state index contributed by atoms with van der Waals surface area (Å²) in [7, 11) is 0. The zero-order chi connectivity index (χ0) is 14.3. The molecular weight excluding hydrogens is 260 g/mol. The molecule has 3 rings (SSSR count). The van der Waals surface area contributed by atoms with Crippen LogP contribution in [0, 0.1) is 11.3 Å². The Labute approximate surface area is 114 Å². The molecule has 2 aliphatic heterocycles. The zero-order valence-electron chi connectivity index (χ0n) is 10.4. The number of nitrogens with one attached hydrogen (secondary N) is 1. The molecule has 7 heteroatoms. The van der Waals surface area contributed by atoms with Crippen molar-refractivity contribution < 1.29 is 14.4 Å². The summed E-state index contributed by atoms with van der Waals surface area (Å²) >= 11 is 0. The highest BCUT2D eigenvalue weighted by Crippen LogP contribution is 2.26. The first-order valence-electron chi connectivity index (χ1n) is 6.15. The molecule has 0 saturated carbocycles. The van der Waals surface area contributed by atoms with Crippen molar-refractivity contribution >= 4 is 17.7 Å². The lowest BCUT2D eigenvalue weighted by Gasteiger charge is -2.29. The van der Waals surface area contributed by atoms with Gasteiger partial charge >= 0.3 is 0 Å². The average Bonchev–Trinajstić information content (AvgIpc) is 2.75. The standard InChI is InChI=1S/C13H10N4O3/c14-5-7-1-2-8-9(15-7)6-17(13(8)20)10-3-4-11(18)16-12(10)19/h1-2,10H,3-4,6H2,(H,16,18,19). The molecule has 1 unspecified atom stereocenters. The molecule has 7 nitrogen and oxygen atoms in total. The van der Waals surface area contributed by atoms with Crippen LogP contribution in [-0.2, 0) is 16.1 Å². The van der Waals surface area contributed by atoms with Gasteiger partial charge in [0.25, 0.3) is 5.91 Å². The van der Waals surface area contributed by atoms with Crippen LogP contribution in [0.3, 0.4) is 0 Å². The first-order chi connectivity index (χ1) is 9.60. The number of hydrogen-bond acceptors (Lipinski definition) is 5. The Bertz CT molecular complexity index is 677. The van der Waals surface area contributed by atoms with Gasteiger partial charge in [-0.25, -0.2) is 4.98 Å². The second kappa shape index (κ2) is 4.42. The number of carbonyl (C=O) groups is 3. The molecule has 1 aromatic rings. The summed E-state index contributed by atoms with van der Waals surface area (Å²) in [5.74, 6) is -1.06. The van der Waals surface area contributed by atoms with Crippen molar-refractivity contribution in [3.63, 3.8) is 0 Å². The highest BCUT2D eigenvalue weighted by Gasteiger charge is 2.39. The van der Waals surface area contributed by atoms with Crippen LogP contribution in [-0.4, -0.2) is 33.6 Å². The van der Waals surface area contributed by atoms with Crippen molar-refractivity contribution in [2.24, 2.45) is 0 Å². The van der Waals surface area contributed by atoms with E-state index < -0.39 is 11.9 Å². The van der Waals surface area contributed by atoms with Gasteiger partial charge in [-0.15, -0.1) is 0 Å². The van der Waals surface area contributed by atoms with Gasteiger partial charge in [-0.05, 0) is 18.6 Å². The van der Waals surface area contributed by atoms with Crippen molar-refractivity contribution in [1.29, 1.82) is 5.26 Å². The van der Waals surface area contributed by atoms with Crippen LogP contribution in [0.1, 0.15) is 34.6 Å². The van der Waals surface area contributed by atoms with Crippen LogP contribution in [0.25, 0.3) is 0 Å². The Hall–Kier alpha value is -2.75. The molecule has 3 heterocycles. The third-order valence-corrected chi connectivity index (χ3v) is 3.49. The van der Waals surface area contributed by atoms with Crippen LogP contribution in [0.15, 0.2) is 12.1 Å². The Kier molecular flexibility index (Phi) is 2.71. The van der Waals surface area contributed by atoms with Crippen molar-refractivity contribution in [1.82, 2.24) is 15.2 Å². The Morgan fingerprint density at radius 3 is 2.85 bits per heavy atom. The number of hydrogen-bond donors (Lipinski definition) is 1. The third kappa shape index (κ3) is 1.82. The summed E-state index contributed by atoms with van der Waals surface area (Å²) in [4.78, 5) is 40.7. The highest BCUT2D eigenvalue weighted by molar-refractivity contribution is 6.05. The number of piperidine rings is 1. The van der Waals surface area contributed by atoms with Gasteiger partial charge < -0.3 is 4.90 Å². The van der Waals surface area contributed by atoms with E-state index in [2.05, 4.69) is 10.3 Å². The summed E-state index contributed by atoms with van der Waals surface area (Å²) in [6, 6.07) is 4.29. The minimum absolute atomic E-state index is 0.190. The maximum atomic E-state index is 12.3. The fourth-order valence-corrected chi connectivity index (χ4v) is 2.50. The Balaban J connectivity index is 1.88. The summed E-state index contributed by atoms with van der Waals surface area (Å²) in [6.45, 7) is 0.190. The third-order valence-electron chi connectivity index (χ3n) is 3.49. The van der Waals surface area contributed by atoms with E-state index in [4.69, 9.17) is 5.26 Å². The van der Waals surface area contributed by atoms with Gasteiger partial charge in [-0.2, -0.15) is 5.26 Å². The molecule has 0 aromatic carbocycles. The normalized spacial score (nSPS) is 21.4. The first-order valence-corrected chi connectivity index (χ1v) is 6.15.